The second kappa shape index (κ2) is 8.19. The monoisotopic (exact) mass is 388 g/mol. The Hall–Kier alpha value is -3.60. The van der Waals surface area contributed by atoms with Gasteiger partial charge in [-0.25, -0.2) is 9.18 Å². The summed E-state index contributed by atoms with van der Waals surface area (Å²) in [6, 6.07) is 20.6. The second-order valence-corrected chi connectivity index (χ2v) is 6.88. The van der Waals surface area contributed by atoms with Crippen LogP contribution in [-0.2, 0) is 4.74 Å². The van der Waals surface area contributed by atoms with E-state index in [4.69, 9.17) is 10.5 Å². The molecule has 0 heterocycles. The minimum Gasteiger partial charge on any atom is -0.449 e. The quantitative estimate of drug-likeness (QED) is 0.607. The molecule has 29 heavy (non-hydrogen) atoms. The van der Waals surface area contributed by atoms with Crippen molar-refractivity contribution < 1.29 is 13.9 Å². The van der Waals surface area contributed by atoms with Crippen LogP contribution in [0, 0.1) is 5.82 Å². The Labute approximate surface area is 168 Å². The van der Waals surface area contributed by atoms with Crippen molar-refractivity contribution in [1.29, 1.82) is 0 Å². The van der Waals surface area contributed by atoms with Gasteiger partial charge in [0.1, 0.15) is 12.4 Å². The average Bonchev–Trinajstić information content (AvgIpc) is 3.05. The van der Waals surface area contributed by atoms with Crippen molar-refractivity contribution in [1.82, 2.24) is 5.32 Å². The van der Waals surface area contributed by atoms with Crippen molar-refractivity contribution >= 4 is 17.9 Å². The summed E-state index contributed by atoms with van der Waals surface area (Å²) in [6.45, 7) is 0.558. The van der Waals surface area contributed by atoms with Crippen LogP contribution >= 0.6 is 0 Å². The summed E-state index contributed by atoms with van der Waals surface area (Å²) in [5, 5.41) is 2.69. The van der Waals surface area contributed by atoms with Crippen LogP contribution in [0.5, 0.6) is 0 Å². The molecule has 0 aliphatic heterocycles. The van der Waals surface area contributed by atoms with Crippen molar-refractivity contribution in [3.63, 3.8) is 0 Å². The van der Waals surface area contributed by atoms with Gasteiger partial charge in [0, 0.05) is 18.2 Å². The van der Waals surface area contributed by atoms with Gasteiger partial charge in [-0.05, 0) is 39.9 Å². The van der Waals surface area contributed by atoms with E-state index >= 15 is 0 Å². The number of benzene rings is 3. The highest BCUT2D eigenvalue weighted by atomic mass is 19.1. The third kappa shape index (κ3) is 3.99. The number of anilines is 1. The lowest BCUT2D eigenvalue weighted by atomic mass is 9.98. The van der Waals surface area contributed by atoms with Crippen molar-refractivity contribution in [2.24, 2.45) is 0 Å². The number of rotatable bonds is 5. The van der Waals surface area contributed by atoms with Crippen LogP contribution in [0.25, 0.3) is 17.2 Å². The van der Waals surface area contributed by atoms with Gasteiger partial charge in [0.15, 0.2) is 0 Å². The minimum absolute atomic E-state index is 0.0303. The fourth-order valence-electron chi connectivity index (χ4n) is 3.67. The summed E-state index contributed by atoms with van der Waals surface area (Å²) in [5.74, 6) is -0.348. The van der Waals surface area contributed by atoms with Crippen molar-refractivity contribution in [2.45, 2.75) is 5.92 Å². The molecular weight excluding hydrogens is 367 g/mol. The molecule has 0 radical (unpaired) electrons. The smallest absolute Gasteiger partial charge is 0.407 e. The van der Waals surface area contributed by atoms with E-state index in [1.54, 1.807) is 18.2 Å². The van der Waals surface area contributed by atoms with Gasteiger partial charge in [-0.15, -0.1) is 0 Å². The van der Waals surface area contributed by atoms with E-state index in [0.717, 1.165) is 0 Å². The Balaban J connectivity index is 1.34. The lowest BCUT2D eigenvalue weighted by molar-refractivity contribution is 0.144. The minimum atomic E-state index is -0.483. The molecule has 0 saturated heterocycles. The van der Waals surface area contributed by atoms with E-state index in [1.165, 1.54) is 34.4 Å². The maximum atomic E-state index is 13.1. The predicted octanol–water partition coefficient (Wildman–Crippen LogP) is 4.96. The molecule has 5 heteroatoms. The number of nitrogens with two attached hydrogens (primary N) is 1. The van der Waals surface area contributed by atoms with Crippen LogP contribution in [0.3, 0.4) is 0 Å². The van der Waals surface area contributed by atoms with E-state index in [1.807, 2.05) is 24.3 Å². The molecular formula is C24H21FN2O2. The molecule has 0 saturated carbocycles. The van der Waals surface area contributed by atoms with Crippen LogP contribution in [0.4, 0.5) is 14.9 Å². The Morgan fingerprint density at radius 3 is 2.34 bits per heavy atom. The van der Waals surface area contributed by atoms with Crippen LogP contribution < -0.4 is 11.1 Å². The zero-order chi connectivity index (χ0) is 20.2. The van der Waals surface area contributed by atoms with Gasteiger partial charge in [0.2, 0.25) is 0 Å². The lowest BCUT2D eigenvalue weighted by Gasteiger charge is -2.14. The fourth-order valence-corrected chi connectivity index (χ4v) is 3.67. The number of hydrogen-bond acceptors (Lipinski definition) is 3. The van der Waals surface area contributed by atoms with Crippen molar-refractivity contribution in [3.8, 4) is 11.1 Å². The zero-order valence-corrected chi connectivity index (χ0v) is 15.8. The molecule has 3 N–H and O–H groups in total. The number of fused-ring (bicyclic) bond motifs is 3. The van der Waals surface area contributed by atoms with Crippen LogP contribution in [-0.4, -0.2) is 19.2 Å². The average molecular weight is 388 g/mol. The number of alkyl carbamates (subject to hydrolysis) is 1. The van der Waals surface area contributed by atoms with Gasteiger partial charge >= 0.3 is 6.09 Å². The molecule has 0 bridgehead atoms. The molecule has 1 amide bonds. The molecule has 0 atom stereocenters. The number of nitrogens with one attached hydrogen (secondary N) is 1. The van der Waals surface area contributed by atoms with E-state index < -0.39 is 6.09 Å². The van der Waals surface area contributed by atoms with E-state index in [2.05, 4.69) is 29.6 Å². The first-order valence-corrected chi connectivity index (χ1v) is 9.44. The van der Waals surface area contributed by atoms with Gasteiger partial charge < -0.3 is 15.8 Å². The molecule has 0 unspecified atom stereocenters. The molecule has 3 aromatic carbocycles. The normalized spacial score (nSPS) is 12.6. The molecule has 0 spiro atoms. The highest BCUT2D eigenvalue weighted by Gasteiger charge is 2.28. The summed E-state index contributed by atoms with van der Waals surface area (Å²) in [7, 11) is 0. The Bertz CT molecular complexity index is 1030. The molecule has 4 nitrogen and oxygen atoms in total. The number of carbonyl (C=O) groups is 1. The number of hydrogen-bond donors (Lipinski definition) is 2. The van der Waals surface area contributed by atoms with Crippen LogP contribution in [0.15, 0.2) is 72.8 Å². The Morgan fingerprint density at radius 2 is 1.69 bits per heavy atom. The van der Waals surface area contributed by atoms with Crippen molar-refractivity contribution in [3.05, 3.63) is 95.3 Å². The molecule has 1 aliphatic carbocycles. The molecule has 0 fully saturated rings. The third-order valence-electron chi connectivity index (χ3n) is 5.05. The summed E-state index contributed by atoms with van der Waals surface area (Å²) in [6.07, 6.45) is 2.99. The van der Waals surface area contributed by atoms with Crippen LogP contribution in [0.2, 0.25) is 0 Å². The Morgan fingerprint density at radius 1 is 1.03 bits per heavy atom. The fraction of sp³-hybridized carbons (Fsp3) is 0.125. The molecule has 0 aromatic heterocycles. The number of halogens is 1. The molecule has 1 aliphatic rings. The number of amides is 1. The molecule has 4 rings (SSSR count). The highest BCUT2D eigenvalue weighted by molar-refractivity contribution is 5.79. The van der Waals surface area contributed by atoms with E-state index in [0.29, 0.717) is 11.3 Å². The summed E-state index contributed by atoms with van der Waals surface area (Å²) in [4.78, 5) is 12.1. The van der Waals surface area contributed by atoms with Gasteiger partial charge in [0.05, 0.1) is 0 Å². The van der Waals surface area contributed by atoms with Gasteiger partial charge in [0.25, 0.3) is 0 Å². The standard InChI is InChI=1S/C24H21FN2O2/c25-17-12-11-16(23(26)14-17)6-5-13-27-24(28)29-15-22-20-9-3-1-7-18(20)19-8-2-4-10-21(19)22/h1-12,14,22H,13,15,26H2,(H,27,28). The number of ether oxygens (including phenoxy) is 1. The largest absolute Gasteiger partial charge is 0.449 e. The van der Waals surface area contributed by atoms with Gasteiger partial charge in [-0.2, -0.15) is 0 Å². The second-order valence-electron chi connectivity index (χ2n) is 6.88. The number of nitrogen functional groups attached to an aromatic ring is 1. The van der Waals surface area contributed by atoms with Crippen LogP contribution in [0.1, 0.15) is 22.6 Å². The predicted molar refractivity (Wildman–Crippen MR) is 113 cm³/mol. The SMILES string of the molecule is Nc1cc(F)ccc1C=CCNC(=O)OCC1c2ccccc2-c2ccccc21. The van der Waals surface area contributed by atoms with Crippen molar-refractivity contribution in [2.75, 3.05) is 18.9 Å². The zero-order valence-electron chi connectivity index (χ0n) is 15.8. The lowest BCUT2D eigenvalue weighted by Crippen LogP contribution is -2.26. The molecule has 146 valence electrons. The summed E-state index contributed by atoms with van der Waals surface area (Å²) >= 11 is 0. The topological polar surface area (TPSA) is 64.3 Å². The third-order valence-corrected chi connectivity index (χ3v) is 5.05. The first kappa shape index (κ1) is 18.7. The highest BCUT2D eigenvalue weighted by Crippen LogP contribution is 2.44. The number of carbonyl (C=O) groups excluding carboxylic acids is 1. The summed E-state index contributed by atoms with van der Waals surface area (Å²) < 4.78 is 18.5. The maximum absolute atomic E-state index is 13.1. The first-order valence-electron chi connectivity index (χ1n) is 9.44. The Kier molecular flexibility index (Phi) is 5.29. The summed E-state index contributed by atoms with van der Waals surface area (Å²) in [5.41, 5.74) is 11.5. The van der Waals surface area contributed by atoms with Gasteiger partial charge in [-0.3, -0.25) is 0 Å². The maximum Gasteiger partial charge on any atom is 0.407 e. The van der Waals surface area contributed by atoms with E-state index in [-0.39, 0.29) is 24.9 Å². The first-order chi connectivity index (χ1) is 14.1. The van der Waals surface area contributed by atoms with Gasteiger partial charge in [-0.1, -0.05) is 66.7 Å². The van der Waals surface area contributed by atoms with E-state index in [9.17, 15) is 9.18 Å². The molecule has 3 aromatic rings.